The van der Waals surface area contributed by atoms with Crippen LogP contribution < -0.4 is 0 Å². The van der Waals surface area contributed by atoms with Gasteiger partial charge in [0.1, 0.15) is 11.5 Å². The normalized spacial score (nSPS) is 12.0. The van der Waals surface area contributed by atoms with Gasteiger partial charge < -0.3 is 4.42 Å². The Labute approximate surface area is 260 Å². The second-order valence-electron chi connectivity index (χ2n) is 11.3. The monoisotopic (exact) mass is 578 g/mol. The third-order valence-electron chi connectivity index (χ3n) is 8.73. The first-order chi connectivity index (χ1) is 21.8. The number of hydrogen-bond donors (Lipinski definition) is 0. The lowest BCUT2D eigenvalue weighted by Crippen LogP contribution is -1.93. The van der Waals surface area contributed by atoms with Crippen LogP contribution in [0.2, 0.25) is 0 Å². The second-order valence-corrected chi connectivity index (χ2v) is 12.4. The molecule has 0 aliphatic carbocycles. The van der Waals surface area contributed by atoms with Gasteiger partial charge in [-0.05, 0) is 79.9 Å². The SMILES string of the molecule is c1ccc2c(-c3ccc(-c4ccc(-c5ccc(-c6ccc7c(c6)-c6cccc8cccc(c68)S7)o5)cc4)cc3)cccc2c1. The maximum atomic E-state index is 6.43. The largest absolute Gasteiger partial charge is 0.456 e. The standard InChI is InChI=1S/C42H26OS/c1-2-10-34-29(6-1)7-3-11-35(34)30-18-14-27(15-19-30)28-16-20-31(21-17-28)38-23-24-39(43-38)33-22-25-40-37(26-33)36-12-4-8-32-9-5-13-41(44-40)42(32)36/h1-26H. The summed E-state index contributed by atoms with van der Waals surface area (Å²) in [7, 11) is 0. The van der Waals surface area contributed by atoms with Crippen LogP contribution in [0.4, 0.5) is 0 Å². The molecular weight excluding hydrogens is 553 g/mol. The van der Waals surface area contributed by atoms with Gasteiger partial charge in [-0.25, -0.2) is 0 Å². The molecule has 0 spiro atoms. The van der Waals surface area contributed by atoms with Crippen molar-refractivity contribution in [2.24, 2.45) is 0 Å². The molecule has 206 valence electrons. The highest BCUT2D eigenvalue weighted by Crippen LogP contribution is 2.49. The first-order valence-electron chi connectivity index (χ1n) is 14.9. The molecule has 0 unspecified atom stereocenters. The molecule has 0 radical (unpaired) electrons. The average molecular weight is 579 g/mol. The van der Waals surface area contributed by atoms with Gasteiger partial charge in [0, 0.05) is 26.3 Å². The first kappa shape index (κ1) is 25.2. The minimum Gasteiger partial charge on any atom is -0.456 e. The van der Waals surface area contributed by atoms with Crippen LogP contribution in [0.1, 0.15) is 0 Å². The molecule has 0 amide bonds. The van der Waals surface area contributed by atoms with Crippen LogP contribution >= 0.6 is 11.8 Å². The zero-order valence-corrected chi connectivity index (χ0v) is 24.6. The third-order valence-corrected chi connectivity index (χ3v) is 9.87. The van der Waals surface area contributed by atoms with E-state index >= 15 is 0 Å². The molecule has 1 nitrogen and oxygen atoms in total. The Hall–Kier alpha value is -5.31. The summed E-state index contributed by atoms with van der Waals surface area (Å²) in [5.41, 5.74) is 9.60. The van der Waals surface area contributed by atoms with Crippen molar-refractivity contribution < 1.29 is 4.42 Å². The molecule has 1 aromatic heterocycles. The summed E-state index contributed by atoms with van der Waals surface area (Å²) in [6.45, 7) is 0. The van der Waals surface area contributed by atoms with Crippen molar-refractivity contribution in [3.05, 3.63) is 158 Å². The molecule has 0 saturated carbocycles. The van der Waals surface area contributed by atoms with E-state index in [4.69, 9.17) is 4.42 Å². The van der Waals surface area contributed by atoms with Crippen molar-refractivity contribution in [1.29, 1.82) is 0 Å². The lowest BCUT2D eigenvalue weighted by Gasteiger charge is -2.20. The lowest BCUT2D eigenvalue weighted by atomic mass is 9.96. The fourth-order valence-electron chi connectivity index (χ4n) is 6.51. The molecule has 2 heterocycles. The van der Waals surface area contributed by atoms with E-state index < -0.39 is 0 Å². The number of rotatable bonds is 4. The van der Waals surface area contributed by atoms with E-state index in [9.17, 15) is 0 Å². The highest BCUT2D eigenvalue weighted by Gasteiger charge is 2.20. The van der Waals surface area contributed by atoms with Gasteiger partial charge in [0.05, 0.1) is 0 Å². The molecule has 0 atom stereocenters. The number of fused-ring (bicyclic) bond motifs is 3. The minimum absolute atomic E-state index is 0.873. The molecule has 9 rings (SSSR count). The Kier molecular flexibility index (Phi) is 5.82. The Morgan fingerprint density at radius 1 is 0.364 bits per heavy atom. The first-order valence-corrected chi connectivity index (χ1v) is 15.7. The van der Waals surface area contributed by atoms with Crippen molar-refractivity contribution in [1.82, 2.24) is 0 Å². The topological polar surface area (TPSA) is 13.1 Å². The van der Waals surface area contributed by atoms with E-state index in [-0.39, 0.29) is 0 Å². The van der Waals surface area contributed by atoms with E-state index in [0.29, 0.717) is 0 Å². The summed E-state index contributed by atoms with van der Waals surface area (Å²) >= 11 is 1.85. The van der Waals surface area contributed by atoms with Gasteiger partial charge in [0.25, 0.3) is 0 Å². The summed E-state index contributed by atoms with van der Waals surface area (Å²) in [6, 6.07) is 56.6. The summed E-state index contributed by atoms with van der Waals surface area (Å²) in [6.07, 6.45) is 0. The maximum absolute atomic E-state index is 6.43. The molecule has 7 aromatic carbocycles. The minimum atomic E-state index is 0.873. The fraction of sp³-hybridized carbons (Fsp3) is 0. The summed E-state index contributed by atoms with van der Waals surface area (Å²) < 4.78 is 6.43. The number of hydrogen-bond acceptors (Lipinski definition) is 2. The maximum Gasteiger partial charge on any atom is 0.134 e. The van der Waals surface area contributed by atoms with Crippen molar-refractivity contribution >= 4 is 33.3 Å². The van der Waals surface area contributed by atoms with Crippen LogP contribution in [-0.4, -0.2) is 0 Å². The van der Waals surface area contributed by atoms with Crippen LogP contribution in [-0.2, 0) is 0 Å². The van der Waals surface area contributed by atoms with Gasteiger partial charge in [-0.1, -0.05) is 139 Å². The molecule has 0 saturated heterocycles. The zero-order chi connectivity index (χ0) is 29.0. The molecular formula is C42H26OS. The van der Waals surface area contributed by atoms with Gasteiger partial charge in [0.15, 0.2) is 0 Å². The Morgan fingerprint density at radius 2 is 0.955 bits per heavy atom. The molecule has 2 heteroatoms. The van der Waals surface area contributed by atoms with E-state index in [2.05, 4.69) is 158 Å². The number of benzene rings is 7. The van der Waals surface area contributed by atoms with Crippen LogP contribution in [0.25, 0.3) is 77.6 Å². The van der Waals surface area contributed by atoms with Crippen molar-refractivity contribution in [2.75, 3.05) is 0 Å². The van der Waals surface area contributed by atoms with Crippen molar-refractivity contribution in [2.45, 2.75) is 9.79 Å². The second kappa shape index (κ2) is 10.2. The van der Waals surface area contributed by atoms with Crippen LogP contribution in [0.5, 0.6) is 0 Å². The van der Waals surface area contributed by atoms with Gasteiger partial charge in [0.2, 0.25) is 0 Å². The van der Waals surface area contributed by atoms with E-state index in [1.165, 1.54) is 64.7 Å². The predicted molar refractivity (Wildman–Crippen MR) is 185 cm³/mol. The van der Waals surface area contributed by atoms with Gasteiger partial charge >= 0.3 is 0 Å². The van der Waals surface area contributed by atoms with Gasteiger partial charge in [-0.2, -0.15) is 0 Å². The molecule has 0 N–H and O–H groups in total. The lowest BCUT2D eigenvalue weighted by molar-refractivity contribution is 0.597. The Morgan fingerprint density at radius 3 is 1.75 bits per heavy atom. The third kappa shape index (κ3) is 4.18. The molecule has 1 aliphatic rings. The van der Waals surface area contributed by atoms with Crippen LogP contribution in [0.15, 0.2) is 172 Å². The molecule has 1 aliphatic heterocycles. The van der Waals surface area contributed by atoms with Crippen molar-refractivity contribution in [3.8, 4) is 56.0 Å². The summed E-state index contributed by atoms with van der Waals surface area (Å²) in [5.74, 6) is 1.75. The van der Waals surface area contributed by atoms with Gasteiger partial charge in [-0.15, -0.1) is 0 Å². The zero-order valence-electron chi connectivity index (χ0n) is 23.8. The molecule has 44 heavy (non-hydrogen) atoms. The summed E-state index contributed by atoms with van der Waals surface area (Å²) in [5, 5.41) is 5.17. The Balaban J connectivity index is 0.987. The predicted octanol–water partition coefficient (Wildman–Crippen LogP) is 12.4. The van der Waals surface area contributed by atoms with Gasteiger partial charge in [-0.3, -0.25) is 0 Å². The quantitative estimate of drug-likeness (QED) is 0.206. The molecule has 0 fully saturated rings. The van der Waals surface area contributed by atoms with E-state index in [1.807, 2.05) is 11.8 Å². The fourth-order valence-corrected chi connectivity index (χ4v) is 7.64. The Bertz CT molecular complexity index is 2330. The van der Waals surface area contributed by atoms with E-state index in [1.54, 1.807) is 0 Å². The smallest absolute Gasteiger partial charge is 0.134 e. The highest BCUT2D eigenvalue weighted by molar-refractivity contribution is 7.99. The number of furan rings is 1. The molecule has 0 bridgehead atoms. The molecule has 8 aromatic rings. The van der Waals surface area contributed by atoms with Crippen molar-refractivity contribution in [3.63, 3.8) is 0 Å². The summed E-state index contributed by atoms with van der Waals surface area (Å²) in [4.78, 5) is 2.61. The van der Waals surface area contributed by atoms with Crippen LogP contribution in [0.3, 0.4) is 0 Å². The highest BCUT2D eigenvalue weighted by atomic mass is 32.2. The van der Waals surface area contributed by atoms with Crippen LogP contribution in [0, 0.1) is 0 Å². The van der Waals surface area contributed by atoms with E-state index in [0.717, 1.165) is 22.6 Å². The average Bonchev–Trinajstić information content (AvgIpc) is 3.59.